The minimum Gasteiger partial charge on any atom is -0.480 e. The van der Waals surface area contributed by atoms with Gasteiger partial charge in [-0.2, -0.15) is 11.8 Å². The van der Waals surface area contributed by atoms with E-state index in [1.54, 1.807) is 24.3 Å². The molecule has 1 unspecified atom stereocenters. The van der Waals surface area contributed by atoms with E-state index in [-0.39, 0.29) is 30.6 Å². The van der Waals surface area contributed by atoms with E-state index in [0.717, 1.165) is 22.3 Å². The van der Waals surface area contributed by atoms with E-state index in [4.69, 9.17) is 16.3 Å². The number of fused-ring (bicyclic) bond motifs is 3. The summed E-state index contributed by atoms with van der Waals surface area (Å²) >= 11 is 7.17. The molecule has 4 rings (SSSR count). The Hall–Kier alpha value is -3.49. The Balaban J connectivity index is 1.24. The summed E-state index contributed by atoms with van der Waals surface area (Å²) in [6.07, 6.45) is -0.599. The molecule has 0 aliphatic heterocycles. The van der Waals surface area contributed by atoms with Gasteiger partial charge in [0.2, 0.25) is 5.91 Å². The fourth-order valence-electron chi connectivity index (χ4n) is 4.11. The summed E-state index contributed by atoms with van der Waals surface area (Å²) < 4.78 is 5.44. The van der Waals surface area contributed by atoms with Crippen LogP contribution in [-0.4, -0.2) is 47.2 Å². The molecule has 0 saturated carbocycles. The minimum atomic E-state index is -1.17. The molecule has 0 fully saturated rings. The standard InChI is InChI=1S/C27H25ClN2O5S/c28-17-6-5-7-18(14-17)29-25(31)12-13-36-16-24(26(32)33)30-27(34)35-15-23-21-10-3-1-8-19(21)20-9-2-4-11-22(20)23/h1-11,14,23-24H,12-13,15-16H2,(H,29,31)(H,30,34)(H,32,33). The van der Waals surface area contributed by atoms with E-state index in [0.29, 0.717) is 16.5 Å². The zero-order valence-electron chi connectivity index (χ0n) is 19.3. The Morgan fingerprint density at radius 1 is 0.972 bits per heavy atom. The van der Waals surface area contributed by atoms with Gasteiger partial charge in [-0.05, 0) is 40.5 Å². The summed E-state index contributed by atoms with van der Waals surface area (Å²) in [6.45, 7) is 0.100. The number of nitrogens with one attached hydrogen (secondary N) is 2. The van der Waals surface area contributed by atoms with Gasteiger partial charge in [-0.3, -0.25) is 4.79 Å². The number of carbonyl (C=O) groups excluding carboxylic acids is 2. The van der Waals surface area contributed by atoms with E-state index in [9.17, 15) is 19.5 Å². The van der Waals surface area contributed by atoms with Crippen molar-refractivity contribution in [2.75, 3.05) is 23.4 Å². The fourth-order valence-corrected chi connectivity index (χ4v) is 5.26. The maximum absolute atomic E-state index is 12.4. The minimum absolute atomic E-state index is 0.100. The zero-order valence-corrected chi connectivity index (χ0v) is 20.9. The van der Waals surface area contributed by atoms with Crippen molar-refractivity contribution in [3.63, 3.8) is 0 Å². The van der Waals surface area contributed by atoms with Crippen molar-refractivity contribution in [3.8, 4) is 11.1 Å². The molecule has 36 heavy (non-hydrogen) atoms. The summed E-state index contributed by atoms with van der Waals surface area (Å²) in [5.41, 5.74) is 4.97. The highest BCUT2D eigenvalue weighted by molar-refractivity contribution is 7.99. The van der Waals surface area contributed by atoms with Crippen LogP contribution < -0.4 is 10.6 Å². The van der Waals surface area contributed by atoms with Crippen LogP contribution in [0.25, 0.3) is 11.1 Å². The van der Waals surface area contributed by atoms with Crippen LogP contribution >= 0.6 is 23.4 Å². The van der Waals surface area contributed by atoms with Crippen molar-refractivity contribution in [1.82, 2.24) is 5.32 Å². The van der Waals surface area contributed by atoms with Crippen LogP contribution in [0.4, 0.5) is 10.5 Å². The molecule has 0 spiro atoms. The van der Waals surface area contributed by atoms with Gasteiger partial charge in [-0.25, -0.2) is 9.59 Å². The van der Waals surface area contributed by atoms with Gasteiger partial charge >= 0.3 is 12.1 Å². The van der Waals surface area contributed by atoms with E-state index < -0.39 is 18.1 Å². The van der Waals surface area contributed by atoms with Crippen LogP contribution in [0.5, 0.6) is 0 Å². The number of hydrogen-bond donors (Lipinski definition) is 3. The van der Waals surface area contributed by atoms with Crippen LogP contribution in [-0.2, 0) is 14.3 Å². The summed E-state index contributed by atoms with van der Waals surface area (Å²) in [6, 6.07) is 21.6. The predicted molar refractivity (Wildman–Crippen MR) is 142 cm³/mol. The molecule has 186 valence electrons. The Kier molecular flexibility index (Phi) is 8.51. The van der Waals surface area contributed by atoms with Gasteiger partial charge in [0, 0.05) is 34.6 Å². The lowest BCUT2D eigenvalue weighted by molar-refractivity contribution is -0.138. The highest BCUT2D eigenvalue weighted by Gasteiger charge is 2.29. The van der Waals surface area contributed by atoms with Crippen LogP contribution in [0.1, 0.15) is 23.5 Å². The number of alkyl carbamates (subject to hydrolysis) is 1. The molecule has 1 aliphatic rings. The van der Waals surface area contributed by atoms with Gasteiger partial charge in [-0.15, -0.1) is 0 Å². The second-order valence-corrected chi connectivity index (χ2v) is 9.83. The predicted octanol–water partition coefficient (Wildman–Crippen LogP) is 5.39. The number of amides is 2. The van der Waals surface area contributed by atoms with E-state index in [2.05, 4.69) is 10.6 Å². The molecule has 1 atom stereocenters. The maximum atomic E-state index is 12.4. The summed E-state index contributed by atoms with van der Waals surface area (Å²) in [7, 11) is 0. The molecule has 9 heteroatoms. The van der Waals surface area contributed by atoms with Crippen molar-refractivity contribution in [2.24, 2.45) is 0 Å². The number of anilines is 1. The van der Waals surface area contributed by atoms with Crippen LogP contribution in [0.15, 0.2) is 72.8 Å². The number of thioether (sulfide) groups is 1. The number of carbonyl (C=O) groups is 3. The number of carboxylic acids is 1. The second kappa shape index (κ2) is 12.0. The van der Waals surface area contributed by atoms with Crippen molar-refractivity contribution in [3.05, 3.63) is 88.9 Å². The first-order chi connectivity index (χ1) is 17.4. The number of carboxylic acid groups (broad SMARTS) is 1. The number of hydrogen-bond acceptors (Lipinski definition) is 5. The van der Waals surface area contributed by atoms with E-state index in [1.165, 1.54) is 11.8 Å². The molecule has 0 heterocycles. The zero-order chi connectivity index (χ0) is 25.5. The molecule has 0 bridgehead atoms. The molecule has 2 amide bonds. The summed E-state index contributed by atoms with van der Waals surface area (Å²) in [5, 5.41) is 15.2. The van der Waals surface area contributed by atoms with Gasteiger partial charge in [0.15, 0.2) is 0 Å². The molecular weight excluding hydrogens is 500 g/mol. The molecule has 3 N–H and O–H groups in total. The van der Waals surface area contributed by atoms with Gasteiger partial charge in [0.25, 0.3) is 0 Å². The smallest absolute Gasteiger partial charge is 0.407 e. The first kappa shape index (κ1) is 25.6. The first-order valence-electron chi connectivity index (χ1n) is 11.4. The summed E-state index contributed by atoms with van der Waals surface area (Å²) in [5.74, 6) is -0.994. The molecular formula is C27H25ClN2O5S. The molecule has 0 radical (unpaired) electrons. The van der Waals surface area contributed by atoms with Crippen LogP contribution in [0, 0.1) is 0 Å². The topological polar surface area (TPSA) is 105 Å². The molecule has 3 aromatic carbocycles. The number of aliphatic carboxylic acids is 1. The Labute approximate surface area is 218 Å². The molecule has 7 nitrogen and oxygen atoms in total. The second-order valence-electron chi connectivity index (χ2n) is 8.24. The Bertz CT molecular complexity index is 1220. The van der Waals surface area contributed by atoms with Crippen molar-refractivity contribution in [2.45, 2.75) is 18.4 Å². The quantitative estimate of drug-likeness (QED) is 0.307. The molecule has 3 aromatic rings. The SMILES string of the molecule is O=C(CCSCC(NC(=O)OCC1c2ccccc2-c2ccccc21)C(=O)O)Nc1cccc(Cl)c1. The number of benzene rings is 3. The van der Waals surface area contributed by atoms with Gasteiger partial charge in [0.05, 0.1) is 0 Å². The highest BCUT2D eigenvalue weighted by atomic mass is 35.5. The fraction of sp³-hybridized carbons (Fsp3) is 0.222. The van der Waals surface area contributed by atoms with E-state index in [1.807, 2.05) is 48.5 Å². The average molecular weight is 525 g/mol. The number of ether oxygens (including phenoxy) is 1. The van der Waals surface area contributed by atoms with Crippen molar-refractivity contribution < 1.29 is 24.2 Å². The van der Waals surface area contributed by atoms with Gasteiger partial charge in [-0.1, -0.05) is 66.2 Å². The summed E-state index contributed by atoms with van der Waals surface area (Å²) in [4.78, 5) is 36.2. The maximum Gasteiger partial charge on any atom is 0.407 e. The normalized spacial score (nSPS) is 12.8. The Morgan fingerprint density at radius 2 is 1.64 bits per heavy atom. The third-order valence-corrected chi connectivity index (χ3v) is 7.10. The Morgan fingerprint density at radius 3 is 2.28 bits per heavy atom. The lowest BCUT2D eigenvalue weighted by atomic mass is 9.98. The van der Waals surface area contributed by atoms with Crippen molar-refractivity contribution in [1.29, 1.82) is 0 Å². The third-order valence-electron chi connectivity index (χ3n) is 5.80. The van der Waals surface area contributed by atoms with Crippen LogP contribution in [0.2, 0.25) is 5.02 Å². The highest BCUT2D eigenvalue weighted by Crippen LogP contribution is 2.44. The lowest BCUT2D eigenvalue weighted by Gasteiger charge is -2.17. The monoisotopic (exact) mass is 524 g/mol. The largest absolute Gasteiger partial charge is 0.480 e. The third kappa shape index (κ3) is 6.38. The van der Waals surface area contributed by atoms with Gasteiger partial charge < -0.3 is 20.5 Å². The molecule has 1 aliphatic carbocycles. The molecule has 0 aromatic heterocycles. The van der Waals surface area contributed by atoms with Crippen molar-refractivity contribution >= 4 is 47.0 Å². The van der Waals surface area contributed by atoms with Crippen LogP contribution in [0.3, 0.4) is 0 Å². The number of rotatable bonds is 10. The first-order valence-corrected chi connectivity index (χ1v) is 12.9. The molecule has 0 saturated heterocycles. The number of halogens is 1. The average Bonchev–Trinajstić information content (AvgIpc) is 3.18. The lowest BCUT2D eigenvalue weighted by Crippen LogP contribution is -2.43. The van der Waals surface area contributed by atoms with Gasteiger partial charge in [0.1, 0.15) is 12.6 Å². The van der Waals surface area contributed by atoms with E-state index >= 15 is 0 Å².